The molecule has 2 N–H and O–H groups in total. The summed E-state index contributed by atoms with van der Waals surface area (Å²) in [5, 5.41) is 6.99. The molecule has 1 saturated heterocycles. The van der Waals surface area contributed by atoms with Crippen LogP contribution in [-0.2, 0) is 13.1 Å². The summed E-state index contributed by atoms with van der Waals surface area (Å²) in [6.45, 7) is 10.8. The third kappa shape index (κ3) is 8.49. The van der Waals surface area contributed by atoms with E-state index < -0.39 is 0 Å². The first-order valence-electron chi connectivity index (χ1n) is 10.8. The number of likely N-dealkylation sites (tertiary alicyclic amines) is 1. The van der Waals surface area contributed by atoms with Crippen molar-refractivity contribution >= 4 is 29.9 Å². The SMILES string of the molecule is C=CCOc1ccccc1CN=C(NCC)NC1CCN(Cc2ccccn2)CC1.I. The number of rotatable bonds is 9. The van der Waals surface area contributed by atoms with E-state index in [1.54, 1.807) is 6.08 Å². The molecular weight excluding hydrogens is 501 g/mol. The first-order valence-corrected chi connectivity index (χ1v) is 10.8. The van der Waals surface area contributed by atoms with Gasteiger partial charge in [0.2, 0.25) is 0 Å². The van der Waals surface area contributed by atoms with Gasteiger partial charge in [-0.25, -0.2) is 4.99 Å². The number of guanidine groups is 1. The molecule has 2 heterocycles. The Morgan fingerprint density at radius 3 is 2.71 bits per heavy atom. The van der Waals surface area contributed by atoms with Gasteiger partial charge in [0.1, 0.15) is 12.4 Å². The van der Waals surface area contributed by atoms with Crippen molar-refractivity contribution in [2.45, 2.75) is 38.9 Å². The smallest absolute Gasteiger partial charge is 0.191 e. The summed E-state index contributed by atoms with van der Waals surface area (Å²) in [4.78, 5) is 11.7. The van der Waals surface area contributed by atoms with Crippen LogP contribution in [0.2, 0.25) is 0 Å². The molecule has 0 unspecified atom stereocenters. The molecule has 1 aromatic carbocycles. The number of pyridine rings is 1. The number of benzene rings is 1. The minimum atomic E-state index is 0. The number of nitrogens with zero attached hydrogens (tertiary/aromatic N) is 3. The Bertz CT molecular complexity index is 807. The Morgan fingerprint density at radius 2 is 2.00 bits per heavy atom. The molecule has 6 nitrogen and oxygen atoms in total. The van der Waals surface area contributed by atoms with Crippen LogP contribution in [0, 0.1) is 0 Å². The number of hydrogen-bond acceptors (Lipinski definition) is 4. The molecule has 0 saturated carbocycles. The van der Waals surface area contributed by atoms with Crippen molar-refractivity contribution < 1.29 is 4.74 Å². The monoisotopic (exact) mass is 535 g/mol. The fourth-order valence-electron chi connectivity index (χ4n) is 3.56. The highest BCUT2D eigenvalue weighted by Crippen LogP contribution is 2.19. The minimum Gasteiger partial charge on any atom is -0.489 e. The van der Waals surface area contributed by atoms with Crippen LogP contribution in [0.5, 0.6) is 5.75 Å². The quantitative estimate of drug-likeness (QED) is 0.220. The van der Waals surface area contributed by atoms with Crippen molar-refractivity contribution in [1.82, 2.24) is 20.5 Å². The van der Waals surface area contributed by atoms with E-state index >= 15 is 0 Å². The van der Waals surface area contributed by atoms with E-state index in [1.165, 1.54) is 0 Å². The van der Waals surface area contributed by atoms with Gasteiger partial charge in [-0.05, 0) is 38.0 Å². The molecule has 1 aliphatic heterocycles. The number of nitrogens with one attached hydrogen (secondary N) is 2. The topological polar surface area (TPSA) is 61.8 Å². The zero-order valence-electron chi connectivity index (χ0n) is 18.3. The number of hydrogen-bond donors (Lipinski definition) is 2. The molecule has 0 bridgehead atoms. The first-order chi connectivity index (χ1) is 14.8. The molecular formula is C24H34IN5O. The summed E-state index contributed by atoms with van der Waals surface area (Å²) in [6.07, 6.45) is 5.81. The lowest BCUT2D eigenvalue weighted by atomic mass is 10.0. The first kappa shape index (κ1) is 25.1. The van der Waals surface area contributed by atoms with Crippen LogP contribution in [0.3, 0.4) is 0 Å². The largest absolute Gasteiger partial charge is 0.489 e. The van der Waals surface area contributed by atoms with Crippen molar-refractivity contribution in [2.24, 2.45) is 4.99 Å². The van der Waals surface area contributed by atoms with E-state index in [9.17, 15) is 0 Å². The lowest BCUT2D eigenvalue weighted by Gasteiger charge is -2.32. The second kappa shape index (κ2) is 14.0. The van der Waals surface area contributed by atoms with Crippen molar-refractivity contribution in [3.8, 4) is 5.75 Å². The second-order valence-electron chi connectivity index (χ2n) is 7.42. The van der Waals surface area contributed by atoms with Gasteiger partial charge in [0.15, 0.2) is 5.96 Å². The van der Waals surface area contributed by atoms with Crippen molar-refractivity contribution in [1.29, 1.82) is 0 Å². The van der Waals surface area contributed by atoms with Crippen LogP contribution in [0.15, 0.2) is 66.3 Å². The van der Waals surface area contributed by atoms with E-state index in [1.807, 2.05) is 30.5 Å². The molecule has 1 aliphatic rings. The van der Waals surface area contributed by atoms with Crippen molar-refractivity contribution in [2.75, 3.05) is 26.2 Å². The standard InChI is InChI=1S/C24H33N5O.HI/c1-3-17-30-23-11-6-5-9-20(23)18-27-24(25-4-2)28-21-12-15-29(16-13-21)19-22-10-7-8-14-26-22;/h3,5-11,14,21H,1,4,12-13,15-19H2,2H3,(H2,25,27,28);1H. The fourth-order valence-corrected chi connectivity index (χ4v) is 3.56. The predicted molar refractivity (Wildman–Crippen MR) is 138 cm³/mol. The Morgan fingerprint density at radius 1 is 1.23 bits per heavy atom. The molecule has 0 atom stereocenters. The summed E-state index contributed by atoms with van der Waals surface area (Å²) in [5.74, 6) is 1.72. The number of ether oxygens (including phenoxy) is 1. The molecule has 168 valence electrons. The summed E-state index contributed by atoms with van der Waals surface area (Å²) in [6, 6.07) is 14.6. The molecule has 31 heavy (non-hydrogen) atoms. The zero-order chi connectivity index (χ0) is 21.0. The molecule has 0 amide bonds. The number of aromatic nitrogens is 1. The molecule has 2 aromatic rings. The van der Waals surface area contributed by atoms with Gasteiger partial charge in [-0.15, -0.1) is 24.0 Å². The average molecular weight is 535 g/mol. The van der Waals surface area contributed by atoms with Gasteiger partial charge >= 0.3 is 0 Å². The van der Waals surface area contributed by atoms with Crippen LogP contribution >= 0.6 is 24.0 Å². The number of piperidine rings is 1. The maximum atomic E-state index is 5.75. The normalized spacial score (nSPS) is 15.1. The zero-order valence-corrected chi connectivity index (χ0v) is 20.6. The summed E-state index contributed by atoms with van der Waals surface area (Å²) >= 11 is 0. The van der Waals surface area contributed by atoms with Gasteiger partial charge in [-0.1, -0.05) is 36.9 Å². The molecule has 7 heteroatoms. The highest BCUT2D eigenvalue weighted by molar-refractivity contribution is 14.0. The van der Waals surface area contributed by atoms with E-state index in [-0.39, 0.29) is 24.0 Å². The van der Waals surface area contributed by atoms with Gasteiger partial charge in [-0.3, -0.25) is 9.88 Å². The Hall–Kier alpha value is -2.13. The minimum absolute atomic E-state index is 0. The van der Waals surface area contributed by atoms with Gasteiger partial charge in [-0.2, -0.15) is 0 Å². The highest BCUT2D eigenvalue weighted by atomic mass is 127. The lowest BCUT2D eigenvalue weighted by molar-refractivity contribution is 0.196. The molecule has 3 rings (SSSR count). The maximum absolute atomic E-state index is 5.75. The van der Waals surface area contributed by atoms with E-state index in [2.05, 4.69) is 52.2 Å². The Balaban J connectivity index is 0.00000341. The van der Waals surface area contributed by atoms with Crippen LogP contribution in [-0.4, -0.2) is 48.1 Å². The van der Waals surface area contributed by atoms with Gasteiger partial charge < -0.3 is 15.4 Å². The number of halogens is 1. The predicted octanol–water partition coefficient (Wildman–Crippen LogP) is 3.98. The second-order valence-corrected chi connectivity index (χ2v) is 7.42. The van der Waals surface area contributed by atoms with Crippen LogP contribution in [0.4, 0.5) is 0 Å². The third-order valence-corrected chi connectivity index (χ3v) is 5.12. The third-order valence-electron chi connectivity index (χ3n) is 5.12. The molecule has 0 radical (unpaired) electrons. The molecule has 1 aromatic heterocycles. The average Bonchev–Trinajstić information content (AvgIpc) is 2.79. The Kier molecular flexibility index (Phi) is 11.4. The van der Waals surface area contributed by atoms with Crippen molar-refractivity contribution in [3.63, 3.8) is 0 Å². The van der Waals surface area contributed by atoms with Gasteiger partial charge in [0.25, 0.3) is 0 Å². The number of aliphatic imine (C=N–C) groups is 1. The summed E-state index contributed by atoms with van der Waals surface area (Å²) < 4.78 is 5.75. The van der Waals surface area contributed by atoms with Crippen molar-refractivity contribution in [3.05, 3.63) is 72.6 Å². The highest BCUT2D eigenvalue weighted by Gasteiger charge is 2.20. The summed E-state index contributed by atoms with van der Waals surface area (Å²) in [7, 11) is 0. The van der Waals surface area contributed by atoms with E-state index in [0.717, 1.165) is 62.0 Å². The van der Waals surface area contributed by atoms with E-state index in [0.29, 0.717) is 19.2 Å². The lowest BCUT2D eigenvalue weighted by Crippen LogP contribution is -2.48. The molecule has 1 fully saturated rings. The van der Waals surface area contributed by atoms with Gasteiger partial charge in [0, 0.05) is 44.0 Å². The maximum Gasteiger partial charge on any atom is 0.191 e. The Labute approximate surface area is 203 Å². The summed E-state index contributed by atoms with van der Waals surface area (Å²) in [5.41, 5.74) is 2.21. The van der Waals surface area contributed by atoms with Crippen LogP contribution < -0.4 is 15.4 Å². The van der Waals surface area contributed by atoms with Crippen LogP contribution in [0.1, 0.15) is 31.0 Å². The molecule has 0 aliphatic carbocycles. The number of para-hydroxylation sites is 1. The van der Waals surface area contributed by atoms with Crippen LogP contribution in [0.25, 0.3) is 0 Å². The van der Waals surface area contributed by atoms with Gasteiger partial charge in [0.05, 0.1) is 12.2 Å². The van der Waals surface area contributed by atoms with E-state index in [4.69, 9.17) is 9.73 Å². The fraction of sp³-hybridized carbons (Fsp3) is 0.417. The molecule has 0 spiro atoms.